The molecule has 9 heteroatoms. The van der Waals surface area contributed by atoms with E-state index in [4.69, 9.17) is 0 Å². The second kappa shape index (κ2) is 7.21. The molecule has 0 bridgehead atoms. The summed E-state index contributed by atoms with van der Waals surface area (Å²) in [5.41, 5.74) is 1.17. The van der Waals surface area contributed by atoms with Gasteiger partial charge in [-0.25, -0.2) is 9.50 Å². The molecule has 0 N–H and O–H groups in total. The number of nitrogens with zero attached hydrogens (tertiary/aromatic N) is 5. The normalized spacial score (nSPS) is 13.0. The molecule has 3 rings (SSSR count). The number of aryl methyl sites for hydroxylation is 2. The third-order valence-electron chi connectivity index (χ3n) is 4.57. The summed E-state index contributed by atoms with van der Waals surface area (Å²) in [5.74, 6) is -0.194. The van der Waals surface area contributed by atoms with Crippen molar-refractivity contribution in [3.63, 3.8) is 0 Å². The number of benzene rings is 1. The van der Waals surface area contributed by atoms with E-state index in [9.17, 15) is 18.0 Å². The van der Waals surface area contributed by atoms with E-state index in [1.165, 1.54) is 15.5 Å². The molecule has 0 saturated carbocycles. The fourth-order valence-corrected chi connectivity index (χ4v) is 3.13. The van der Waals surface area contributed by atoms with Crippen molar-refractivity contribution in [2.45, 2.75) is 39.9 Å². The lowest BCUT2D eigenvalue weighted by Crippen LogP contribution is -2.34. The van der Waals surface area contributed by atoms with Crippen LogP contribution in [0.25, 0.3) is 5.78 Å². The van der Waals surface area contributed by atoms with Crippen LogP contribution in [-0.2, 0) is 6.18 Å². The summed E-state index contributed by atoms with van der Waals surface area (Å²) < 4.78 is 40.5. The molecule has 1 aromatic carbocycles. The Hall–Kier alpha value is -2.97. The van der Waals surface area contributed by atoms with Gasteiger partial charge < -0.3 is 4.90 Å². The van der Waals surface area contributed by atoms with Crippen LogP contribution < -0.4 is 0 Å². The highest BCUT2D eigenvalue weighted by atomic mass is 19.4. The fourth-order valence-electron chi connectivity index (χ4n) is 3.13. The second-order valence-corrected chi connectivity index (χ2v) is 6.58. The molecule has 0 radical (unpaired) electrons. The molecule has 0 aliphatic heterocycles. The van der Waals surface area contributed by atoms with Crippen LogP contribution in [0.5, 0.6) is 0 Å². The number of hydrogen-bond acceptors (Lipinski definition) is 4. The van der Waals surface area contributed by atoms with Gasteiger partial charge in [-0.3, -0.25) is 4.79 Å². The lowest BCUT2D eigenvalue weighted by Gasteiger charge is -2.27. The largest absolute Gasteiger partial charge is 0.416 e. The van der Waals surface area contributed by atoms with E-state index in [0.717, 1.165) is 23.5 Å². The highest BCUT2D eigenvalue weighted by Gasteiger charge is 2.32. The topological polar surface area (TPSA) is 63.4 Å². The summed E-state index contributed by atoms with van der Waals surface area (Å²) in [5, 5.41) is 4.23. The van der Waals surface area contributed by atoms with Crippen LogP contribution in [0, 0.1) is 13.8 Å². The van der Waals surface area contributed by atoms with Crippen molar-refractivity contribution in [2.75, 3.05) is 6.54 Å². The molecule has 2 heterocycles. The predicted octanol–water partition coefficient (Wildman–Crippen LogP) is 3.98. The van der Waals surface area contributed by atoms with Crippen LogP contribution in [0.15, 0.2) is 30.3 Å². The second-order valence-electron chi connectivity index (χ2n) is 6.58. The summed E-state index contributed by atoms with van der Waals surface area (Å²) in [6.07, 6.45) is -4.44. The Bertz CT molecular complexity index is 1030. The van der Waals surface area contributed by atoms with Crippen molar-refractivity contribution in [1.82, 2.24) is 24.5 Å². The Kier molecular flexibility index (Phi) is 5.10. The molecule has 1 atom stereocenters. The van der Waals surface area contributed by atoms with Gasteiger partial charge in [-0.05, 0) is 51.5 Å². The van der Waals surface area contributed by atoms with Gasteiger partial charge in [0.2, 0.25) is 5.82 Å². The molecule has 0 aliphatic rings. The van der Waals surface area contributed by atoms with Gasteiger partial charge in [0, 0.05) is 17.9 Å². The zero-order chi connectivity index (χ0) is 20.6. The molecule has 0 fully saturated rings. The third-order valence-corrected chi connectivity index (χ3v) is 4.57. The number of aromatic nitrogens is 4. The van der Waals surface area contributed by atoms with E-state index >= 15 is 0 Å². The Morgan fingerprint density at radius 1 is 1.21 bits per heavy atom. The molecular formula is C19H20F3N5O. The van der Waals surface area contributed by atoms with Crippen molar-refractivity contribution in [3.05, 3.63) is 58.7 Å². The summed E-state index contributed by atoms with van der Waals surface area (Å²) in [6.45, 7) is 7.37. The molecule has 0 spiro atoms. The lowest BCUT2D eigenvalue weighted by molar-refractivity contribution is -0.137. The zero-order valence-electron chi connectivity index (χ0n) is 15.9. The van der Waals surface area contributed by atoms with Gasteiger partial charge in [-0.2, -0.15) is 18.2 Å². The molecule has 0 aliphatic carbocycles. The van der Waals surface area contributed by atoms with Gasteiger partial charge in [0.15, 0.2) is 0 Å². The fraction of sp³-hybridized carbons (Fsp3) is 0.368. The Morgan fingerprint density at radius 2 is 1.93 bits per heavy atom. The molecular weight excluding hydrogens is 371 g/mol. The van der Waals surface area contributed by atoms with E-state index in [0.29, 0.717) is 11.3 Å². The van der Waals surface area contributed by atoms with Crippen LogP contribution in [0.3, 0.4) is 0 Å². The first kappa shape index (κ1) is 19.8. The average Bonchev–Trinajstić information content (AvgIpc) is 3.06. The van der Waals surface area contributed by atoms with Gasteiger partial charge >= 0.3 is 6.18 Å². The molecule has 28 heavy (non-hydrogen) atoms. The average molecular weight is 391 g/mol. The van der Waals surface area contributed by atoms with Gasteiger partial charge in [-0.15, -0.1) is 5.10 Å². The quantitative estimate of drug-likeness (QED) is 0.675. The minimum Gasteiger partial charge on any atom is -0.329 e. The van der Waals surface area contributed by atoms with Crippen LogP contribution in [0.1, 0.15) is 53.0 Å². The number of halogens is 3. The standard InChI is InChI=1S/C19H20F3N5O/c1-5-26(13(4)14-7-6-8-15(10-14)19(20,21)22)17(28)16-24-18-23-11(2)9-12(3)27(18)25-16/h6-10,13H,5H2,1-4H3. The number of carbonyl (C=O) groups is 1. The van der Waals surface area contributed by atoms with E-state index in [-0.39, 0.29) is 12.4 Å². The lowest BCUT2D eigenvalue weighted by atomic mass is 10.0. The van der Waals surface area contributed by atoms with Crippen molar-refractivity contribution in [1.29, 1.82) is 0 Å². The minimum absolute atomic E-state index is 0.0399. The van der Waals surface area contributed by atoms with E-state index < -0.39 is 23.7 Å². The maximum Gasteiger partial charge on any atom is 0.416 e. The Labute approximate surface area is 160 Å². The summed E-state index contributed by atoms with van der Waals surface area (Å²) in [7, 11) is 0. The minimum atomic E-state index is -4.44. The molecule has 6 nitrogen and oxygen atoms in total. The number of rotatable bonds is 4. The Balaban J connectivity index is 1.95. The van der Waals surface area contributed by atoms with Crippen molar-refractivity contribution in [3.8, 4) is 0 Å². The number of carbonyl (C=O) groups excluding carboxylic acids is 1. The van der Waals surface area contributed by atoms with E-state index in [1.54, 1.807) is 19.9 Å². The zero-order valence-corrected chi connectivity index (χ0v) is 15.9. The van der Waals surface area contributed by atoms with Gasteiger partial charge in [0.25, 0.3) is 11.7 Å². The first-order valence-corrected chi connectivity index (χ1v) is 8.81. The van der Waals surface area contributed by atoms with Crippen molar-refractivity contribution < 1.29 is 18.0 Å². The predicted molar refractivity (Wildman–Crippen MR) is 96.8 cm³/mol. The molecule has 1 amide bonds. The van der Waals surface area contributed by atoms with Gasteiger partial charge in [-0.1, -0.05) is 12.1 Å². The van der Waals surface area contributed by atoms with Crippen LogP contribution in [0.4, 0.5) is 13.2 Å². The number of fused-ring (bicyclic) bond motifs is 1. The van der Waals surface area contributed by atoms with Crippen molar-refractivity contribution in [2.24, 2.45) is 0 Å². The molecule has 3 aromatic rings. The molecule has 2 aromatic heterocycles. The number of amides is 1. The summed E-state index contributed by atoms with van der Waals surface area (Å²) >= 11 is 0. The first-order chi connectivity index (χ1) is 13.1. The van der Waals surface area contributed by atoms with Crippen LogP contribution in [-0.4, -0.2) is 36.9 Å². The maximum atomic E-state index is 13.0. The highest BCUT2D eigenvalue weighted by Crippen LogP contribution is 2.32. The summed E-state index contributed by atoms with van der Waals surface area (Å²) in [6, 6.07) is 6.22. The summed E-state index contributed by atoms with van der Waals surface area (Å²) in [4.78, 5) is 22.9. The first-order valence-electron chi connectivity index (χ1n) is 8.81. The smallest absolute Gasteiger partial charge is 0.329 e. The van der Waals surface area contributed by atoms with E-state index in [1.807, 2.05) is 19.9 Å². The number of alkyl halides is 3. The molecule has 1 unspecified atom stereocenters. The van der Waals surface area contributed by atoms with E-state index in [2.05, 4.69) is 15.1 Å². The molecule has 0 saturated heterocycles. The van der Waals surface area contributed by atoms with Crippen molar-refractivity contribution >= 4 is 11.7 Å². The van der Waals surface area contributed by atoms with Crippen LogP contribution >= 0.6 is 0 Å². The SMILES string of the molecule is CCN(C(=O)c1nc2nc(C)cc(C)n2n1)C(C)c1cccc(C(F)(F)F)c1. The maximum absolute atomic E-state index is 13.0. The van der Waals surface area contributed by atoms with Crippen LogP contribution in [0.2, 0.25) is 0 Å². The van der Waals surface area contributed by atoms with Gasteiger partial charge in [0.05, 0.1) is 11.6 Å². The number of hydrogen-bond donors (Lipinski definition) is 0. The third kappa shape index (κ3) is 3.69. The monoisotopic (exact) mass is 391 g/mol. The Morgan fingerprint density at radius 3 is 2.57 bits per heavy atom. The van der Waals surface area contributed by atoms with Gasteiger partial charge in [0.1, 0.15) is 0 Å². The molecule has 148 valence electrons. The highest BCUT2D eigenvalue weighted by molar-refractivity contribution is 5.91.